The summed E-state index contributed by atoms with van der Waals surface area (Å²) in [6.45, 7) is 0. The molecule has 2 aromatic carbocycles. The van der Waals surface area contributed by atoms with Crippen LogP contribution in [0.3, 0.4) is 0 Å². The molecule has 0 aliphatic rings. The van der Waals surface area contributed by atoms with E-state index in [1.54, 1.807) is 11.3 Å². The maximum absolute atomic E-state index is 9.91. The third-order valence-corrected chi connectivity index (χ3v) is 4.89. The van der Waals surface area contributed by atoms with Crippen molar-refractivity contribution < 1.29 is 10.2 Å². The fourth-order valence-electron chi connectivity index (χ4n) is 2.09. The number of thiazole rings is 2. The largest absolute Gasteiger partial charge is 0.508 e. The summed E-state index contributed by atoms with van der Waals surface area (Å²) in [5, 5.41) is 20.1. The van der Waals surface area contributed by atoms with Crippen molar-refractivity contribution in [3.05, 3.63) is 35.8 Å². The van der Waals surface area contributed by atoms with Crippen LogP contribution in [0.15, 0.2) is 35.8 Å². The summed E-state index contributed by atoms with van der Waals surface area (Å²) in [6.07, 6.45) is 0. The number of hydrogen-bond acceptors (Lipinski definition) is 6. The standard InChI is InChI=1S/C14H8N2O2S2/c17-7-1-2-11(18)8(3-7)14-16-10-5-12-9(15-6-19-12)4-13(10)20-14/h1-6,17-18H. The summed E-state index contributed by atoms with van der Waals surface area (Å²) in [5.74, 6) is 0.224. The van der Waals surface area contributed by atoms with E-state index in [-0.39, 0.29) is 11.5 Å². The topological polar surface area (TPSA) is 66.2 Å². The van der Waals surface area contributed by atoms with Crippen molar-refractivity contribution in [3.63, 3.8) is 0 Å². The summed E-state index contributed by atoms with van der Waals surface area (Å²) in [7, 11) is 0. The fraction of sp³-hybridized carbons (Fsp3) is 0. The zero-order chi connectivity index (χ0) is 13.7. The minimum absolute atomic E-state index is 0.111. The number of fused-ring (bicyclic) bond motifs is 2. The molecule has 0 atom stereocenters. The smallest absolute Gasteiger partial charge is 0.128 e. The lowest BCUT2D eigenvalue weighted by Gasteiger charge is -2.00. The van der Waals surface area contributed by atoms with Crippen LogP contribution in [0.4, 0.5) is 0 Å². The molecule has 0 saturated carbocycles. The van der Waals surface area contributed by atoms with Crippen LogP contribution in [0.2, 0.25) is 0 Å². The summed E-state index contributed by atoms with van der Waals surface area (Å²) in [4.78, 5) is 8.83. The second kappa shape index (κ2) is 4.16. The van der Waals surface area contributed by atoms with E-state index in [1.807, 2.05) is 17.6 Å². The lowest BCUT2D eigenvalue weighted by molar-refractivity contribution is 0.462. The molecule has 0 aliphatic carbocycles. The summed E-state index contributed by atoms with van der Waals surface area (Å²) >= 11 is 3.05. The minimum Gasteiger partial charge on any atom is -0.508 e. The molecule has 0 aliphatic heterocycles. The molecule has 98 valence electrons. The van der Waals surface area contributed by atoms with Gasteiger partial charge in [0.05, 0.1) is 31.5 Å². The van der Waals surface area contributed by atoms with Gasteiger partial charge in [0.15, 0.2) is 0 Å². The Balaban J connectivity index is 1.98. The SMILES string of the molecule is Oc1ccc(O)c(-c2nc3cc4scnc4cc3s2)c1. The number of phenols is 2. The summed E-state index contributed by atoms with van der Waals surface area (Å²) in [5.41, 5.74) is 4.20. The van der Waals surface area contributed by atoms with E-state index in [1.165, 1.54) is 29.5 Å². The highest BCUT2D eigenvalue weighted by Crippen LogP contribution is 2.38. The quantitative estimate of drug-likeness (QED) is 0.522. The Morgan fingerprint density at radius 2 is 1.80 bits per heavy atom. The van der Waals surface area contributed by atoms with Gasteiger partial charge in [-0.05, 0) is 30.3 Å². The minimum atomic E-state index is 0.111. The lowest BCUT2D eigenvalue weighted by atomic mass is 10.2. The second-order valence-electron chi connectivity index (χ2n) is 4.36. The zero-order valence-corrected chi connectivity index (χ0v) is 11.7. The molecule has 6 heteroatoms. The molecule has 20 heavy (non-hydrogen) atoms. The molecule has 2 aromatic heterocycles. The molecule has 0 saturated heterocycles. The van der Waals surface area contributed by atoms with Gasteiger partial charge < -0.3 is 10.2 Å². The van der Waals surface area contributed by atoms with Crippen molar-refractivity contribution in [1.29, 1.82) is 0 Å². The van der Waals surface area contributed by atoms with E-state index in [9.17, 15) is 10.2 Å². The molecule has 0 fully saturated rings. The molecule has 0 radical (unpaired) electrons. The normalized spacial score (nSPS) is 11.4. The monoisotopic (exact) mass is 300 g/mol. The average Bonchev–Trinajstić information content (AvgIpc) is 3.03. The molecule has 0 bridgehead atoms. The molecule has 0 unspecified atom stereocenters. The van der Waals surface area contributed by atoms with Crippen LogP contribution in [-0.2, 0) is 0 Å². The number of hydrogen-bond donors (Lipinski definition) is 2. The van der Waals surface area contributed by atoms with Gasteiger partial charge >= 0.3 is 0 Å². The van der Waals surface area contributed by atoms with Crippen molar-refractivity contribution >= 4 is 43.1 Å². The Kier molecular flexibility index (Phi) is 2.42. The molecular formula is C14H8N2O2S2. The summed E-state index contributed by atoms with van der Waals surface area (Å²) in [6, 6.07) is 8.45. The van der Waals surface area contributed by atoms with Crippen LogP contribution >= 0.6 is 22.7 Å². The van der Waals surface area contributed by atoms with Crippen molar-refractivity contribution in [2.24, 2.45) is 0 Å². The number of rotatable bonds is 1. The fourth-order valence-corrected chi connectivity index (χ4v) is 3.79. The molecule has 2 heterocycles. The number of benzene rings is 2. The third kappa shape index (κ3) is 1.73. The van der Waals surface area contributed by atoms with Gasteiger partial charge in [0.25, 0.3) is 0 Å². The third-order valence-electron chi connectivity index (χ3n) is 3.05. The maximum atomic E-state index is 9.91. The number of aromatic nitrogens is 2. The first kappa shape index (κ1) is 11.6. The zero-order valence-electron chi connectivity index (χ0n) is 10.1. The van der Waals surface area contributed by atoms with Crippen molar-refractivity contribution in [2.75, 3.05) is 0 Å². The van der Waals surface area contributed by atoms with Gasteiger partial charge in [0.1, 0.15) is 16.5 Å². The first-order valence-corrected chi connectivity index (χ1v) is 7.56. The van der Waals surface area contributed by atoms with Crippen LogP contribution in [-0.4, -0.2) is 20.2 Å². The van der Waals surface area contributed by atoms with E-state index in [0.29, 0.717) is 10.6 Å². The molecule has 4 rings (SSSR count). The van der Waals surface area contributed by atoms with Crippen LogP contribution in [0.5, 0.6) is 11.5 Å². The first-order chi connectivity index (χ1) is 9.70. The molecule has 4 aromatic rings. The molecular weight excluding hydrogens is 292 g/mol. The highest BCUT2D eigenvalue weighted by Gasteiger charge is 2.12. The summed E-state index contributed by atoms with van der Waals surface area (Å²) < 4.78 is 2.11. The van der Waals surface area contributed by atoms with Gasteiger partial charge in [-0.3, -0.25) is 0 Å². The lowest BCUT2D eigenvalue weighted by Crippen LogP contribution is -1.77. The molecule has 2 N–H and O–H groups in total. The molecule has 4 nitrogen and oxygen atoms in total. The Labute approximate surface area is 121 Å². The van der Waals surface area contributed by atoms with Crippen LogP contribution in [0.1, 0.15) is 0 Å². The Bertz CT molecular complexity index is 895. The van der Waals surface area contributed by atoms with Gasteiger partial charge in [0, 0.05) is 0 Å². The van der Waals surface area contributed by atoms with Crippen LogP contribution in [0, 0.1) is 0 Å². The van der Waals surface area contributed by atoms with Gasteiger partial charge in [-0.25, -0.2) is 9.97 Å². The highest BCUT2D eigenvalue weighted by molar-refractivity contribution is 7.22. The van der Waals surface area contributed by atoms with Crippen LogP contribution < -0.4 is 0 Å². The van der Waals surface area contributed by atoms with Crippen molar-refractivity contribution in [3.8, 4) is 22.1 Å². The number of aromatic hydroxyl groups is 2. The van der Waals surface area contributed by atoms with Gasteiger partial charge in [-0.15, -0.1) is 22.7 Å². The maximum Gasteiger partial charge on any atom is 0.128 e. The second-order valence-corrected chi connectivity index (χ2v) is 6.28. The van der Waals surface area contributed by atoms with E-state index < -0.39 is 0 Å². The van der Waals surface area contributed by atoms with Gasteiger partial charge in [0.2, 0.25) is 0 Å². The van der Waals surface area contributed by atoms with E-state index in [2.05, 4.69) is 9.97 Å². The Morgan fingerprint density at radius 3 is 2.70 bits per heavy atom. The Morgan fingerprint density at radius 1 is 0.950 bits per heavy atom. The van der Waals surface area contributed by atoms with Crippen LogP contribution in [0.25, 0.3) is 31.0 Å². The average molecular weight is 300 g/mol. The highest BCUT2D eigenvalue weighted by atomic mass is 32.1. The predicted molar refractivity (Wildman–Crippen MR) is 81.6 cm³/mol. The van der Waals surface area contributed by atoms with Crippen molar-refractivity contribution in [2.45, 2.75) is 0 Å². The van der Waals surface area contributed by atoms with Crippen molar-refractivity contribution in [1.82, 2.24) is 9.97 Å². The van der Waals surface area contributed by atoms with E-state index in [4.69, 9.17) is 0 Å². The molecule has 0 amide bonds. The predicted octanol–water partition coefficient (Wildman–Crippen LogP) is 3.98. The number of nitrogens with zero attached hydrogens (tertiary/aromatic N) is 2. The van der Waals surface area contributed by atoms with Gasteiger partial charge in [-0.2, -0.15) is 0 Å². The number of phenolic OH excluding ortho intramolecular Hbond substituents is 2. The van der Waals surface area contributed by atoms with E-state index >= 15 is 0 Å². The Hall–Kier alpha value is -2.18. The van der Waals surface area contributed by atoms with Gasteiger partial charge in [-0.1, -0.05) is 0 Å². The van der Waals surface area contributed by atoms with E-state index in [0.717, 1.165) is 20.4 Å². The molecule has 0 spiro atoms. The first-order valence-electron chi connectivity index (χ1n) is 5.87.